The van der Waals surface area contributed by atoms with Gasteiger partial charge in [-0.3, -0.25) is 4.79 Å². The average molecular weight is 430 g/mol. The Morgan fingerprint density at radius 2 is 1.72 bits per heavy atom. The summed E-state index contributed by atoms with van der Waals surface area (Å²) in [7, 11) is 0. The monoisotopic (exact) mass is 429 g/mol. The van der Waals surface area contributed by atoms with Crippen molar-refractivity contribution in [2.75, 3.05) is 6.61 Å². The molecule has 4 aromatic rings. The van der Waals surface area contributed by atoms with E-state index in [2.05, 4.69) is 18.0 Å². The Morgan fingerprint density at radius 3 is 2.47 bits per heavy atom. The number of amides is 1. The molecule has 6 nitrogen and oxygen atoms in total. The van der Waals surface area contributed by atoms with Crippen LogP contribution in [0.15, 0.2) is 78.9 Å². The number of carbonyl (C=O) groups is 1. The molecule has 3 aromatic carbocycles. The SMILES string of the molecule is Cc1ccccc1[C@H](OC[C@@H](O)Cn1c(CC(N)=O)nc2ccccc21)c1ccccc1. The Bertz CT molecular complexity index is 1200. The summed E-state index contributed by atoms with van der Waals surface area (Å²) >= 11 is 0. The topological polar surface area (TPSA) is 90.4 Å². The molecule has 0 radical (unpaired) electrons. The highest BCUT2D eigenvalue weighted by molar-refractivity contribution is 5.80. The molecule has 0 saturated heterocycles. The maximum atomic E-state index is 11.5. The molecule has 1 heterocycles. The van der Waals surface area contributed by atoms with E-state index in [1.807, 2.05) is 77.4 Å². The van der Waals surface area contributed by atoms with Crippen molar-refractivity contribution in [2.24, 2.45) is 5.73 Å². The molecule has 4 rings (SSSR count). The number of nitrogens with zero attached hydrogens (tertiary/aromatic N) is 2. The first kappa shape index (κ1) is 21.7. The van der Waals surface area contributed by atoms with E-state index in [0.29, 0.717) is 5.82 Å². The minimum Gasteiger partial charge on any atom is -0.389 e. The molecule has 0 spiro atoms. The fourth-order valence-corrected chi connectivity index (χ4v) is 3.97. The first-order valence-corrected chi connectivity index (χ1v) is 10.7. The molecule has 6 heteroatoms. The fourth-order valence-electron chi connectivity index (χ4n) is 3.97. The number of hydrogen-bond donors (Lipinski definition) is 2. The number of ether oxygens (including phenoxy) is 1. The number of rotatable bonds is 9. The van der Waals surface area contributed by atoms with Gasteiger partial charge in [0.1, 0.15) is 11.9 Å². The van der Waals surface area contributed by atoms with Gasteiger partial charge in [-0.1, -0.05) is 66.7 Å². The number of hydrogen-bond acceptors (Lipinski definition) is 4. The predicted molar refractivity (Wildman–Crippen MR) is 124 cm³/mol. The molecule has 0 aliphatic rings. The molecule has 0 fully saturated rings. The summed E-state index contributed by atoms with van der Waals surface area (Å²) < 4.78 is 8.11. The van der Waals surface area contributed by atoms with E-state index in [-0.39, 0.29) is 25.7 Å². The number of fused-ring (bicyclic) bond motifs is 1. The molecule has 0 saturated carbocycles. The van der Waals surface area contributed by atoms with Gasteiger partial charge in [-0.15, -0.1) is 0 Å². The second-order valence-corrected chi connectivity index (χ2v) is 7.90. The quantitative estimate of drug-likeness (QED) is 0.426. The van der Waals surface area contributed by atoms with E-state index in [0.717, 1.165) is 27.7 Å². The lowest BCUT2D eigenvalue weighted by atomic mass is 9.97. The minimum absolute atomic E-state index is 0.0120. The average Bonchev–Trinajstić information content (AvgIpc) is 3.12. The van der Waals surface area contributed by atoms with Gasteiger partial charge < -0.3 is 20.1 Å². The van der Waals surface area contributed by atoms with Crippen LogP contribution in [0, 0.1) is 6.92 Å². The Balaban J connectivity index is 1.55. The van der Waals surface area contributed by atoms with Gasteiger partial charge in [0.05, 0.1) is 36.7 Å². The standard InChI is InChI=1S/C26H27N3O3/c1-18-9-5-6-12-21(18)26(19-10-3-2-4-11-19)32-17-20(30)16-29-23-14-8-7-13-22(23)28-25(29)15-24(27)31/h2-14,20,26,30H,15-17H2,1H3,(H2,27,31)/t20-,26+/m0/s1. The molecule has 0 aliphatic carbocycles. The Hall–Kier alpha value is -3.48. The molecule has 164 valence electrons. The lowest BCUT2D eigenvalue weighted by Crippen LogP contribution is -2.26. The number of para-hydroxylation sites is 2. The number of benzene rings is 3. The van der Waals surface area contributed by atoms with Crippen LogP contribution in [-0.4, -0.2) is 33.3 Å². The highest BCUT2D eigenvalue weighted by Crippen LogP contribution is 2.28. The van der Waals surface area contributed by atoms with Crippen molar-refractivity contribution in [3.8, 4) is 0 Å². The van der Waals surface area contributed by atoms with Crippen LogP contribution in [-0.2, 0) is 22.5 Å². The third kappa shape index (κ3) is 4.88. The molecule has 3 N–H and O–H groups in total. The molecular weight excluding hydrogens is 402 g/mol. The second-order valence-electron chi connectivity index (χ2n) is 7.90. The molecule has 1 aromatic heterocycles. The maximum Gasteiger partial charge on any atom is 0.225 e. The zero-order chi connectivity index (χ0) is 22.5. The van der Waals surface area contributed by atoms with Crippen LogP contribution < -0.4 is 5.73 Å². The van der Waals surface area contributed by atoms with E-state index in [4.69, 9.17) is 10.5 Å². The number of aliphatic hydroxyl groups excluding tert-OH is 1. The molecule has 32 heavy (non-hydrogen) atoms. The first-order chi connectivity index (χ1) is 15.5. The van der Waals surface area contributed by atoms with Gasteiger partial charge in [0, 0.05) is 0 Å². The van der Waals surface area contributed by atoms with Crippen molar-refractivity contribution < 1.29 is 14.6 Å². The van der Waals surface area contributed by atoms with Gasteiger partial charge in [-0.05, 0) is 35.7 Å². The number of nitrogens with two attached hydrogens (primary N) is 1. The lowest BCUT2D eigenvalue weighted by molar-refractivity contribution is -0.117. The van der Waals surface area contributed by atoms with Gasteiger partial charge in [0.15, 0.2) is 0 Å². The van der Waals surface area contributed by atoms with E-state index in [1.54, 1.807) is 0 Å². The zero-order valence-electron chi connectivity index (χ0n) is 18.0. The number of imidazole rings is 1. The maximum absolute atomic E-state index is 11.5. The third-order valence-corrected chi connectivity index (χ3v) is 5.49. The largest absolute Gasteiger partial charge is 0.389 e. The highest BCUT2D eigenvalue weighted by Gasteiger charge is 2.20. The Labute approximate surface area is 187 Å². The summed E-state index contributed by atoms with van der Waals surface area (Å²) in [5.41, 5.74) is 10.2. The first-order valence-electron chi connectivity index (χ1n) is 10.7. The van der Waals surface area contributed by atoms with Crippen LogP contribution in [0.25, 0.3) is 11.0 Å². The zero-order valence-corrected chi connectivity index (χ0v) is 18.0. The Kier molecular flexibility index (Phi) is 6.63. The molecule has 1 amide bonds. The summed E-state index contributed by atoms with van der Waals surface area (Å²) in [5.74, 6) is 0.0762. The summed E-state index contributed by atoms with van der Waals surface area (Å²) in [5, 5.41) is 10.9. The molecule has 0 aliphatic heterocycles. The van der Waals surface area contributed by atoms with Crippen molar-refractivity contribution >= 4 is 16.9 Å². The van der Waals surface area contributed by atoms with Crippen molar-refractivity contribution in [3.05, 3.63) is 101 Å². The van der Waals surface area contributed by atoms with Crippen LogP contribution in [0.3, 0.4) is 0 Å². The Morgan fingerprint density at radius 1 is 1.03 bits per heavy atom. The smallest absolute Gasteiger partial charge is 0.225 e. The van der Waals surface area contributed by atoms with Gasteiger partial charge in [-0.25, -0.2) is 4.98 Å². The highest BCUT2D eigenvalue weighted by atomic mass is 16.5. The van der Waals surface area contributed by atoms with E-state index in [9.17, 15) is 9.90 Å². The minimum atomic E-state index is -0.797. The fraction of sp³-hybridized carbons (Fsp3) is 0.231. The van der Waals surface area contributed by atoms with Crippen LogP contribution in [0.2, 0.25) is 0 Å². The number of primary amides is 1. The van der Waals surface area contributed by atoms with Crippen molar-refractivity contribution in [3.63, 3.8) is 0 Å². The predicted octanol–water partition coefficient (Wildman–Crippen LogP) is 3.54. The lowest BCUT2D eigenvalue weighted by Gasteiger charge is -2.23. The van der Waals surface area contributed by atoms with Gasteiger partial charge >= 0.3 is 0 Å². The van der Waals surface area contributed by atoms with Gasteiger partial charge in [-0.2, -0.15) is 0 Å². The van der Waals surface area contributed by atoms with Crippen LogP contribution in [0.5, 0.6) is 0 Å². The summed E-state index contributed by atoms with van der Waals surface area (Å²) in [6, 6.07) is 25.7. The van der Waals surface area contributed by atoms with Crippen LogP contribution in [0.4, 0.5) is 0 Å². The molecule has 0 unspecified atom stereocenters. The summed E-state index contributed by atoms with van der Waals surface area (Å²) in [4.78, 5) is 16.0. The number of aliphatic hydroxyl groups is 1. The normalized spacial score (nSPS) is 13.2. The van der Waals surface area contributed by atoms with E-state index >= 15 is 0 Å². The summed E-state index contributed by atoms with van der Waals surface area (Å²) in [6.07, 6.45) is -1.08. The molecular formula is C26H27N3O3. The second kappa shape index (κ2) is 9.77. The number of aromatic nitrogens is 2. The van der Waals surface area contributed by atoms with Crippen LogP contribution in [0.1, 0.15) is 28.6 Å². The summed E-state index contributed by atoms with van der Waals surface area (Å²) in [6.45, 7) is 2.42. The molecule has 0 bridgehead atoms. The van der Waals surface area contributed by atoms with Gasteiger partial charge in [0.2, 0.25) is 5.91 Å². The van der Waals surface area contributed by atoms with Crippen molar-refractivity contribution in [2.45, 2.75) is 32.1 Å². The third-order valence-electron chi connectivity index (χ3n) is 5.49. The number of carbonyl (C=O) groups excluding carboxylic acids is 1. The molecule has 2 atom stereocenters. The van der Waals surface area contributed by atoms with Crippen LogP contribution >= 0.6 is 0 Å². The van der Waals surface area contributed by atoms with Crippen molar-refractivity contribution in [1.29, 1.82) is 0 Å². The number of aryl methyl sites for hydroxylation is 1. The van der Waals surface area contributed by atoms with E-state index < -0.39 is 12.0 Å². The van der Waals surface area contributed by atoms with Crippen molar-refractivity contribution in [1.82, 2.24) is 9.55 Å². The van der Waals surface area contributed by atoms with E-state index in [1.165, 1.54) is 0 Å². The van der Waals surface area contributed by atoms with Gasteiger partial charge in [0.25, 0.3) is 0 Å².